The molecule has 0 aliphatic carbocycles. The molecule has 11 heteroatoms. The summed E-state index contributed by atoms with van der Waals surface area (Å²) in [6, 6.07) is 19.3. The fraction of sp³-hybridized carbons (Fsp3) is 0.258. The third-order valence-corrected chi connectivity index (χ3v) is 6.11. The van der Waals surface area contributed by atoms with E-state index in [9.17, 15) is 24.0 Å². The van der Waals surface area contributed by atoms with Gasteiger partial charge in [0.2, 0.25) is 11.8 Å². The van der Waals surface area contributed by atoms with Crippen LogP contribution >= 0.6 is 0 Å². The van der Waals surface area contributed by atoms with Gasteiger partial charge in [-0.25, -0.2) is 9.59 Å². The molecule has 2 unspecified atom stereocenters. The zero-order valence-corrected chi connectivity index (χ0v) is 23.2. The summed E-state index contributed by atoms with van der Waals surface area (Å²) < 4.78 is 11.4. The molecule has 1 aromatic heterocycles. The van der Waals surface area contributed by atoms with Gasteiger partial charge in [-0.15, -0.1) is 0 Å². The zero-order valence-electron chi connectivity index (χ0n) is 23.2. The Labute approximate surface area is 243 Å². The molecule has 0 aliphatic heterocycles. The van der Waals surface area contributed by atoms with E-state index in [-0.39, 0.29) is 38.2 Å². The standard InChI is InChI=1S/C31H34N4O7/c1-2-41-28(37)18-16-24(15-17-27(32)36)33-29(38)26(20-22-10-5-3-6-11-22)35-19-9-14-25(30(35)39)34-31(40)42-21-23-12-7-4-8-13-23/h3-14,16,18-19,24,26H,2,15,17,20-21H2,1H3,(H2,32,36)(H,33,38)(H,34,40)/b18-16+. The van der Waals surface area contributed by atoms with E-state index in [0.717, 1.165) is 11.1 Å². The van der Waals surface area contributed by atoms with Crippen molar-refractivity contribution in [2.75, 3.05) is 11.9 Å². The van der Waals surface area contributed by atoms with Crippen molar-refractivity contribution in [2.24, 2.45) is 5.73 Å². The number of hydrogen-bond acceptors (Lipinski definition) is 7. The number of ether oxygens (including phenoxy) is 2. The van der Waals surface area contributed by atoms with Crippen molar-refractivity contribution >= 4 is 29.6 Å². The van der Waals surface area contributed by atoms with Crippen LogP contribution in [0, 0.1) is 0 Å². The van der Waals surface area contributed by atoms with Crippen LogP contribution in [-0.2, 0) is 36.9 Å². The average molecular weight is 575 g/mol. The van der Waals surface area contributed by atoms with Gasteiger partial charge in [0.25, 0.3) is 5.56 Å². The van der Waals surface area contributed by atoms with E-state index in [2.05, 4.69) is 10.6 Å². The number of nitrogens with one attached hydrogen (secondary N) is 2. The van der Waals surface area contributed by atoms with Crippen LogP contribution in [0.2, 0.25) is 0 Å². The van der Waals surface area contributed by atoms with E-state index in [1.807, 2.05) is 48.5 Å². The molecule has 0 saturated heterocycles. The maximum absolute atomic E-state index is 13.7. The van der Waals surface area contributed by atoms with Crippen LogP contribution in [0.25, 0.3) is 0 Å². The molecule has 0 saturated carbocycles. The predicted molar refractivity (Wildman–Crippen MR) is 156 cm³/mol. The summed E-state index contributed by atoms with van der Waals surface area (Å²) in [5, 5.41) is 5.26. The second-order valence-electron chi connectivity index (χ2n) is 9.26. The first-order chi connectivity index (χ1) is 20.3. The number of anilines is 1. The second kappa shape index (κ2) is 16.2. The van der Waals surface area contributed by atoms with E-state index in [4.69, 9.17) is 15.2 Å². The summed E-state index contributed by atoms with van der Waals surface area (Å²) in [5.74, 6) is -1.73. The quantitative estimate of drug-likeness (QED) is 0.197. The Kier molecular flexibility index (Phi) is 12.1. The lowest BCUT2D eigenvalue weighted by Crippen LogP contribution is -2.43. The van der Waals surface area contributed by atoms with Crippen LogP contribution in [0.15, 0.2) is 95.9 Å². The highest BCUT2D eigenvalue weighted by molar-refractivity contribution is 5.85. The molecule has 4 N–H and O–H groups in total. The molecule has 220 valence electrons. The molecule has 0 radical (unpaired) electrons. The monoisotopic (exact) mass is 574 g/mol. The highest BCUT2D eigenvalue weighted by Gasteiger charge is 2.25. The molecule has 0 fully saturated rings. The fourth-order valence-electron chi connectivity index (χ4n) is 4.05. The van der Waals surface area contributed by atoms with E-state index in [1.165, 1.54) is 35.0 Å². The van der Waals surface area contributed by atoms with Gasteiger partial charge in [0.05, 0.1) is 6.61 Å². The number of benzene rings is 2. The lowest BCUT2D eigenvalue weighted by Gasteiger charge is -2.23. The van der Waals surface area contributed by atoms with Crippen LogP contribution < -0.4 is 21.9 Å². The van der Waals surface area contributed by atoms with Crippen molar-refractivity contribution in [3.05, 3.63) is 113 Å². The summed E-state index contributed by atoms with van der Waals surface area (Å²) in [5.41, 5.74) is 6.16. The molecule has 11 nitrogen and oxygen atoms in total. The second-order valence-corrected chi connectivity index (χ2v) is 9.26. The molecule has 3 rings (SSSR count). The molecular weight excluding hydrogens is 540 g/mol. The molecule has 0 spiro atoms. The Balaban J connectivity index is 1.85. The summed E-state index contributed by atoms with van der Waals surface area (Å²) in [6.07, 6.45) is 3.42. The largest absolute Gasteiger partial charge is 0.463 e. The summed E-state index contributed by atoms with van der Waals surface area (Å²) in [6.45, 7) is 1.85. The van der Waals surface area contributed by atoms with Crippen LogP contribution in [0.3, 0.4) is 0 Å². The minimum absolute atomic E-state index is 0.0126. The van der Waals surface area contributed by atoms with Gasteiger partial charge in [-0.3, -0.25) is 19.7 Å². The molecule has 2 aromatic carbocycles. The predicted octanol–water partition coefficient (Wildman–Crippen LogP) is 3.25. The smallest absolute Gasteiger partial charge is 0.412 e. The number of carbonyl (C=O) groups excluding carboxylic acids is 4. The Morgan fingerprint density at radius 2 is 1.60 bits per heavy atom. The molecule has 42 heavy (non-hydrogen) atoms. The van der Waals surface area contributed by atoms with Gasteiger partial charge < -0.3 is 25.1 Å². The van der Waals surface area contributed by atoms with Crippen molar-refractivity contribution in [3.63, 3.8) is 0 Å². The Morgan fingerprint density at radius 3 is 2.24 bits per heavy atom. The number of nitrogens with two attached hydrogens (primary N) is 1. The van der Waals surface area contributed by atoms with E-state index >= 15 is 0 Å². The molecule has 3 amide bonds. The third-order valence-electron chi connectivity index (χ3n) is 6.11. The van der Waals surface area contributed by atoms with E-state index < -0.39 is 41.5 Å². The minimum Gasteiger partial charge on any atom is -0.463 e. The Morgan fingerprint density at radius 1 is 0.929 bits per heavy atom. The van der Waals surface area contributed by atoms with Gasteiger partial charge in [-0.2, -0.15) is 0 Å². The molecule has 3 aromatic rings. The maximum atomic E-state index is 13.7. The van der Waals surface area contributed by atoms with Crippen LogP contribution in [0.4, 0.5) is 10.5 Å². The Bertz CT molecular complexity index is 1440. The van der Waals surface area contributed by atoms with Crippen molar-refractivity contribution in [1.29, 1.82) is 0 Å². The summed E-state index contributed by atoms with van der Waals surface area (Å²) in [7, 11) is 0. The molecule has 0 bridgehead atoms. The molecule has 1 heterocycles. The SMILES string of the molecule is CCOC(=O)/C=C/C(CCC(N)=O)NC(=O)C(Cc1ccccc1)n1cccc(NC(=O)OCc2ccccc2)c1=O. The number of amides is 3. The number of esters is 1. The van der Waals surface area contributed by atoms with Gasteiger partial charge >= 0.3 is 12.1 Å². The van der Waals surface area contributed by atoms with Gasteiger partial charge in [0.1, 0.15) is 18.3 Å². The number of nitrogens with zero attached hydrogens (tertiary/aromatic N) is 1. The van der Waals surface area contributed by atoms with Crippen molar-refractivity contribution in [2.45, 2.75) is 44.9 Å². The molecule has 2 atom stereocenters. The highest BCUT2D eigenvalue weighted by Crippen LogP contribution is 2.16. The number of rotatable bonds is 14. The van der Waals surface area contributed by atoms with Gasteiger partial charge in [-0.1, -0.05) is 66.7 Å². The first-order valence-corrected chi connectivity index (χ1v) is 13.4. The van der Waals surface area contributed by atoms with Gasteiger partial charge in [0.15, 0.2) is 0 Å². The summed E-state index contributed by atoms with van der Waals surface area (Å²) in [4.78, 5) is 62.9. The van der Waals surface area contributed by atoms with Crippen LogP contribution in [-0.4, -0.2) is 41.1 Å². The van der Waals surface area contributed by atoms with Crippen LogP contribution in [0.1, 0.15) is 36.9 Å². The zero-order chi connectivity index (χ0) is 30.3. The number of hydrogen-bond donors (Lipinski definition) is 3. The third kappa shape index (κ3) is 10.1. The molecular formula is C31H34N4O7. The lowest BCUT2D eigenvalue weighted by atomic mass is 10.0. The highest BCUT2D eigenvalue weighted by atomic mass is 16.5. The number of aromatic nitrogens is 1. The fourth-order valence-corrected chi connectivity index (χ4v) is 4.05. The normalized spacial score (nSPS) is 12.2. The first-order valence-electron chi connectivity index (χ1n) is 13.4. The maximum Gasteiger partial charge on any atom is 0.412 e. The van der Waals surface area contributed by atoms with Crippen molar-refractivity contribution in [1.82, 2.24) is 9.88 Å². The lowest BCUT2D eigenvalue weighted by molar-refractivity contribution is -0.137. The Hall–Kier alpha value is -5.19. The number of carbonyl (C=O) groups is 4. The van der Waals surface area contributed by atoms with Gasteiger partial charge in [-0.05, 0) is 36.6 Å². The van der Waals surface area contributed by atoms with E-state index in [1.54, 1.807) is 19.1 Å². The number of primary amides is 1. The average Bonchev–Trinajstić information content (AvgIpc) is 2.98. The van der Waals surface area contributed by atoms with Crippen molar-refractivity contribution in [3.8, 4) is 0 Å². The van der Waals surface area contributed by atoms with E-state index in [0.29, 0.717) is 0 Å². The molecule has 0 aliphatic rings. The summed E-state index contributed by atoms with van der Waals surface area (Å²) >= 11 is 0. The van der Waals surface area contributed by atoms with Crippen LogP contribution in [0.5, 0.6) is 0 Å². The van der Waals surface area contributed by atoms with Gasteiger partial charge in [0, 0.05) is 31.2 Å². The van der Waals surface area contributed by atoms with Crippen molar-refractivity contribution < 1.29 is 28.7 Å². The number of pyridine rings is 1. The first kappa shape index (κ1) is 31.3. The topological polar surface area (TPSA) is 159 Å². The minimum atomic E-state index is -1.05.